The highest BCUT2D eigenvalue weighted by Crippen LogP contribution is 2.28. The van der Waals surface area contributed by atoms with Crippen molar-refractivity contribution >= 4 is 11.6 Å². The van der Waals surface area contributed by atoms with Crippen molar-refractivity contribution < 1.29 is 14.5 Å². The Morgan fingerprint density at radius 2 is 2.20 bits per heavy atom. The molecule has 1 fully saturated rings. The lowest BCUT2D eigenvalue weighted by Gasteiger charge is -2.20. The highest BCUT2D eigenvalue weighted by molar-refractivity contribution is 5.95. The SMILES string of the molecule is COc1cc(C(=O)N2CCCNCC2)ccc1[N+](=O)[O-]. The van der Waals surface area contributed by atoms with Crippen LogP contribution in [0.4, 0.5) is 5.69 Å². The Labute approximate surface area is 116 Å². The molecule has 20 heavy (non-hydrogen) atoms. The zero-order chi connectivity index (χ0) is 14.5. The van der Waals surface area contributed by atoms with Gasteiger partial charge >= 0.3 is 5.69 Å². The molecule has 7 nitrogen and oxygen atoms in total. The number of carbonyl (C=O) groups excluding carboxylic acids is 1. The van der Waals surface area contributed by atoms with E-state index in [4.69, 9.17) is 4.74 Å². The van der Waals surface area contributed by atoms with E-state index in [9.17, 15) is 14.9 Å². The van der Waals surface area contributed by atoms with Crippen LogP contribution < -0.4 is 10.1 Å². The van der Waals surface area contributed by atoms with E-state index in [1.807, 2.05) is 0 Å². The monoisotopic (exact) mass is 279 g/mol. The first-order valence-electron chi connectivity index (χ1n) is 6.46. The molecule has 1 heterocycles. The summed E-state index contributed by atoms with van der Waals surface area (Å²) in [6.07, 6.45) is 0.899. The Kier molecular flexibility index (Phi) is 4.52. The van der Waals surface area contributed by atoms with Crippen LogP contribution in [-0.2, 0) is 0 Å². The number of hydrogen-bond acceptors (Lipinski definition) is 5. The zero-order valence-electron chi connectivity index (χ0n) is 11.3. The molecule has 0 aromatic heterocycles. The lowest BCUT2D eigenvalue weighted by Crippen LogP contribution is -2.34. The largest absolute Gasteiger partial charge is 0.490 e. The summed E-state index contributed by atoms with van der Waals surface area (Å²) in [5.74, 6) is -0.0179. The number of amides is 1. The number of nitrogens with zero attached hydrogens (tertiary/aromatic N) is 2. The quantitative estimate of drug-likeness (QED) is 0.660. The summed E-state index contributed by atoms with van der Waals surface area (Å²) in [6, 6.07) is 4.21. The predicted octanol–water partition coefficient (Wildman–Crippen LogP) is 1.04. The molecule has 0 aliphatic carbocycles. The van der Waals surface area contributed by atoms with Gasteiger partial charge in [0, 0.05) is 37.3 Å². The number of methoxy groups -OCH3 is 1. The summed E-state index contributed by atoms with van der Waals surface area (Å²) >= 11 is 0. The van der Waals surface area contributed by atoms with Gasteiger partial charge in [-0.15, -0.1) is 0 Å². The fourth-order valence-corrected chi connectivity index (χ4v) is 2.19. The van der Waals surface area contributed by atoms with Crippen LogP contribution in [0.5, 0.6) is 5.75 Å². The molecule has 2 rings (SSSR count). The van der Waals surface area contributed by atoms with Gasteiger partial charge in [0.25, 0.3) is 5.91 Å². The number of nitrogens with one attached hydrogen (secondary N) is 1. The van der Waals surface area contributed by atoms with Gasteiger partial charge in [0.2, 0.25) is 0 Å². The molecule has 108 valence electrons. The number of hydrogen-bond donors (Lipinski definition) is 1. The molecular weight excluding hydrogens is 262 g/mol. The molecule has 1 aliphatic heterocycles. The van der Waals surface area contributed by atoms with E-state index in [1.54, 1.807) is 4.90 Å². The van der Waals surface area contributed by atoms with E-state index in [2.05, 4.69) is 5.32 Å². The number of ether oxygens (including phenoxy) is 1. The van der Waals surface area contributed by atoms with Gasteiger partial charge in [0.05, 0.1) is 12.0 Å². The number of benzene rings is 1. The normalized spacial score (nSPS) is 15.6. The van der Waals surface area contributed by atoms with Crippen LogP contribution in [-0.4, -0.2) is 49.0 Å². The Morgan fingerprint density at radius 3 is 2.90 bits per heavy atom. The fourth-order valence-electron chi connectivity index (χ4n) is 2.19. The van der Waals surface area contributed by atoms with Crippen LogP contribution in [0.3, 0.4) is 0 Å². The Balaban J connectivity index is 2.23. The molecule has 0 saturated carbocycles. The Morgan fingerprint density at radius 1 is 1.40 bits per heavy atom. The van der Waals surface area contributed by atoms with E-state index in [-0.39, 0.29) is 17.3 Å². The van der Waals surface area contributed by atoms with Gasteiger partial charge in [-0.05, 0) is 19.0 Å². The first-order chi connectivity index (χ1) is 9.63. The van der Waals surface area contributed by atoms with Crippen molar-refractivity contribution in [1.29, 1.82) is 0 Å². The molecule has 1 aromatic rings. The van der Waals surface area contributed by atoms with Gasteiger partial charge in [0.15, 0.2) is 5.75 Å². The molecule has 1 aliphatic rings. The second-order valence-electron chi connectivity index (χ2n) is 4.54. The Bertz CT molecular complexity index is 510. The lowest BCUT2D eigenvalue weighted by molar-refractivity contribution is -0.385. The van der Waals surface area contributed by atoms with Crippen molar-refractivity contribution in [2.75, 3.05) is 33.3 Å². The summed E-state index contributed by atoms with van der Waals surface area (Å²) in [4.78, 5) is 24.4. The fraction of sp³-hybridized carbons (Fsp3) is 0.462. The maximum atomic E-state index is 12.4. The lowest BCUT2D eigenvalue weighted by atomic mass is 10.1. The number of nitro benzene ring substituents is 1. The number of carbonyl (C=O) groups is 1. The average molecular weight is 279 g/mol. The summed E-state index contributed by atoms with van der Waals surface area (Å²) in [7, 11) is 1.35. The van der Waals surface area contributed by atoms with Crippen molar-refractivity contribution in [3.05, 3.63) is 33.9 Å². The standard InChI is InChI=1S/C13H17N3O4/c1-20-12-9-10(3-4-11(12)16(18)19)13(17)15-7-2-5-14-6-8-15/h3-4,9,14H,2,5-8H2,1H3. The molecule has 1 saturated heterocycles. The van der Waals surface area contributed by atoms with Crippen molar-refractivity contribution in [3.8, 4) is 5.75 Å². The van der Waals surface area contributed by atoms with Gasteiger partial charge in [-0.1, -0.05) is 0 Å². The molecular formula is C13H17N3O4. The van der Waals surface area contributed by atoms with Gasteiger partial charge in [0.1, 0.15) is 0 Å². The smallest absolute Gasteiger partial charge is 0.310 e. The predicted molar refractivity (Wildman–Crippen MR) is 73.0 cm³/mol. The minimum absolute atomic E-state index is 0.105. The minimum Gasteiger partial charge on any atom is -0.490 e. The topological polar surface area (TPSA) is 84.7 Å². The van der Waals surface area contributed by atoms with Crippen LogP contribution in [0.25, 0.3) is 0 Å². The van der Waals surface area contributed by atoms with Gasteiger partial charge < -0.3 is 15.0 Å². The van der Waals surface area contributed by atoms with Crippen LogP contribution in [0, 0.1) is 10.1 Å². The van der Waals surface area contributed by atoms with E-state index in [0.717, 1.165) is 19.5 Å². The molecule has 0 spiro atoms. The first kappa shape index (κ1) is 14.3. The molecule has 1 amide bonds. The van der Waals surface area contributed by atoms with E-state index < -0.39 is 4.92 Å². The van der Waals surface area contributed by atoms with Crippen LogP contribution in [0.15, 0.2) is 18.2 Å². The van der Waals surface area contributed by atoms with Crippen molar-refractivity contribution in [2.24, 2.45) is 0 Å². The van der Waals surface area contributed by atoms with Crippen molar-refractivity contribution in [1.82, 2.24) is 10.2 Å². The molecule has 0 atom stereocenters. The van der Waals surface area contributed by atoms with E-state index in [0.29, 0.717) is 18.7 Å². The van der Waals surface area contributed by atoms with E-state index >= 15 is 0 Å². The van der Waals surface area contributed by atoms with E-state index in [1.165, 1.54) is 25.3 Å². The number of nitro groups is 1. The molecule has 1 aromatic carbocycles. The molecule has 0 bridgehead atoms. The van der Waals surface area contributed by atoms with Gasteiger partial charge in [-0.2, -0.15) is 0 Å². The summed E-state index contributed by atoms with van der Waals surface area (Å²) in [5.41, 5.74) is 0.274. The highest BCUT2D eigenvalue weighted by Gasteiger charge is 2.21. The summed E-state index contributed by atoms with van der Waals surface area (Å²) < 4.78 is 4.98. The first-order valence-corrected chi connectivity index (χ1v) is 6.46. The van der Waals surface area contributed by atoms with Gasteiger partial charge in [-0.25, -0.2) is 0 Å². The van der Waals surface area contributed by atoms with Crippen molar-refractivity contribution in [3.63, 3.8) is 0 Å². The average Bonchev–Trinajstić information content (AvgIpc) is 2.74. The second kappa shape index (κ2) is 6.33. The maximum Gasteiger partial charge on any atom is 0.310 e. The molecule has 0 unspecified atom stereocenters. The van der Waals surface area contributed by atoms with Crippen LogP contribution >= 0.6 is 0 Å². The third-order valence-corrected chi connectivity index (χ3v) is 3.25. The second-order valence-corrected chi connectivity index (χ2v) is 4.54. The third-order valence-electron chi connectivity index (χ3n) is 3.25. The summed E-state index contributed by atoms with van der Waals surface area (Å²) in [5, 5.41) is 14.1. The van der Waals surface area contributed by atoms with Crippen molar-refractivity contribution in [2.45, 2.75) is 6.42 Å². The minimum atomic E-state index is -0.525. The third kappa shape index (κ3) is 3.05. The molecule has 7 heteroatoms. The summed E-state index contributed by atoms with van der Waals surface area (Å²) in [6.45, 7) is 2.98. The van der Waals surface area contributed by atoms with Gasteiger partial charge in [-0.3, -0.25) is 14.9 Å². The van der Waals surface area contributed by atoms with Crippen LogP contribution in [0.2, 0.25) is 0 Å². The molecule has 1 N–H and O–H groups in total. The highest BCUT2D eigenvalue weighted by atomic mass is 16.6. The maximum absolute atomic E-state index is 12.4. The zero-order valence-corrected chi connectivity index (χ0v) is 11.3. The Hall–Kier alpha value is -2.15. The molecule has 0 radical (unpaired) electrons. The van der Waals surface area contributed by atoms with Crippen LogP contribution in [0.1, 0.15) is 16.8 Å². The number of rotatable bonds is 3.